The van der Waals surface area contributed by atoms with Crippen LogP contribution in [-0.4, -0.2) is 15.0 Å². The summed E-state index contributed by atoms with van der Waals surface area (Å²) < 4.78 is 6.77. The van der Waals surface area contributed by atoms with E-state index in [0.29, 0.717) is 17.5 Å². The van der Waals surface area contributed by atoms with Crippen LogP contribution in [0.15, 0.2) is 223 Å². The Bertz CT molecular complexity index is 3270. The second kappa shape index (κ2) is 15.0. The summed E-state index contributed by atoms with van der Waals surface area (Å²) in [7, 11) is 0. The predicted molar refractivity (Wildman–Crippen MR) is 246 cm³/mol. The lowest BCUT2D eigenvalue weighted by Gasteiger charge is -2.26. The van der Waals surface area contributed by atoms with Gasteiger partial charge in [0.05, 0.1) is 0 Å². The molecule has 0 saturated heterocycles. The van der Waals surface area contributed by atoms with Gasteiger partial charge in [-0.05, 0) is 75.5 Å². The van der Waals surface area contributed by atoms with E-state index in [0.717, 1.165) is 72.4 Å². The molecule has 0 atom stereocenters. The first-order valence-electron chi connectivity index (χ1n) is 20.1. The zero-order chi connectivity index (χ0) is 39.8. The van der Waals surface area contributed by atoms with Crippen molar-refractivity contribution in [2.24, 2.45) is 0 Å². The molecule has 0 aliphatic carbocycles. The molecule has 11 aromatic rings. The smallest absolute Gasteiger partial charge is 0.164 e. The standard InChI is InChI=1S/C55H36N4O/c1-4-16-37(17-5-1)42-24-14-25-43(34-42)59(44-31-30-38-18-10-11-23-41(38)35-44)45-32-33-49-51(36-45)60-50-29-15-28-47(52(49)50)46-26-12-13-27-48(46)55-57-53(39-19-6-2-7-20-39)56-54(58-55)40-21-8-3-9-22-40/h1-36H. The third-order valence-corrected chi connectivity index (χ3v) is 11.1. The minimum absolute atomic E-state index is 0.606. The van der Waals surface area contributed by atoms with E-state index in [1.54, 1.807) is 0 Å². The first-order valence-corrected chi connectivity index (χ1v) is 20.1. The number of furan rings is 1. The molecule has 0 N–H and O–H groups in total. The van der Waals surface area contributed by atoms with Crippen molar-refractivity contribution in [1.82, 2.24) is 15.0 Å². The second-order valence-electron chi connectivity index (χ2n) is 14.8. The summed E-state index contributed by atoms with van der Waals surface area (Å²) in [6, 6.07) is 75.8. The van der Waals surface area contributed by atoms with Crippen molar-refractivity contribution in [3.63, 3.8) is 0 Å². The van der Waals surface area contributed by atoms with E-state index >= 15 is 0 Å². The van der Waals surface area contributed by atoms with Crippen molar-refractivity contribution in [2.45, 2.75) is 0 Å². The molecule has 2 heterocycles. The highest BCUT2D eigenvalue weighted by molar-refractivity contribution is 6.14. The van der Waals surface area contributed by atoms with Crippen LogP contribution in [-0.2, 0) is 0 Å². The van der Waals surface area contributed by atoms with Gasteiger partial charge in [0, 0.05) is 50.6 Å². The fourth-order valence-electron chi connectivity index (χ4n) is 8.24. The Morgan fingerprint density at radius 2 is 0.850 bits per heavy atom. The molecular weight excluding hydrogens is 733 g/mol. The van der Waals surface area contributed by atoms with E-state index in [-0.39, 0.29) is 0 Å². The number of rotatable bonds is 8. The van der Waals surface area contributed by atoms with Gasteiger partial charge in [0.15, 0.2) is 17.5 Å². The van der Waals surface area contributed by atoms with E-state index in [9.17, 15) is 0 Å². The molecule has 0 radical (unpaired) electrons. The molecule has 0 bridgehead atoms. The third kappa shape index (κ3) is 6.45. The van der Waals surface area contributed by atoms with Crippen molar-refractivity contribution < 1.29 is 4.42 Å². The maximum absolute atomic E-state index is 6.77. The van der Waals surface area contributed by atoms with Crippen molar-refractivity contribution in [3.8, 4) is 56.4 Å². The first kappa shape index (κ1) is 35.0. The Balaban J connectivity index is 1.07. The van der Waals surface area contributed by atoms with E-state index in [1.807, 2.05) is 66.7 Å². The van der Waals surface area contributed by atoms with E-state index in [4.69, 9.17) is 19.4 Å². The molecule has 0 saturated carbocycles. The average molecular weight is 769 g/mol. The van der Waals surface area contributed by atoms with Crippen LogP contribution in [0.25, 0.3) is 89.1 Å². The Labute approximate surface area is 347 Å². The molecule has 2 aromatic heterocycles. The molecule has 0 aliphatic heterocycles. The Hall–Kier alpha value is -8.15. The highest BCUT2D eigenvalue weighted by Gasteiger charge is 2.21. The van der Waals surface area contributed by atoms with Gasteiger partial charge >= 0.3 is 0 Å². The number of fused-ring (bicyclic) bond motifs is 4. The lowest BCUT2D eigenvalue weighted by Crippen LogP contribution is -2.10. The summed E-state index contributed by atoms with van der Waals surface area (Å²) in [6.07, 6.45) is 0. The van der Waals surface area contributed by atoms with Gasteiger partial charge in [-0.3, -0.25) is 0 Å². The normalized spacial score (nSPS) is 11.3. The first-order chi connectivity index (χ1) is 29.7. The minimum atomic E-state index is 0.606. The molecule has 0 spiro atoms. The maximum atomic E-state index is 6.77. The summed E-state index contributed by atoms with van der Waals surface area (Å²) in [6.45, 7) is 0. The maximum Gasteiger partial charge on any atom is 0.164 e. The lowest BCUT2D eigenvalue weighted by atomic mass is 9.95. The second-order valence-corrected chi connectivity index (χ2v) is 14.8. The van der Waals surface area contributed by atoms with E-state index in [1.165, 1.54) is 16.3 Å². The number of benzene rings is 9. The van der Waals surface area contributed by atoms with Gasteiger partial charge in [-0.2, -0.15) is 0 Å². The zero-order valence-corrected chi connectivity index (χ0v) is 32.5. The predicted octanol–water partition coefficient (Wildman–Crippen LogP) is 14.7. The molecule has 282 valence electrons. The highest BCUT2D eigenvalue weighted by atomic mass is 16.3. The van der Waals surface area contributed by atoms with Crippen molar-refractivity contribution in [3.05, 3.63) is 218 Å². The van der Waals surface area contributed by atoms with Gasteiger partial charge in [-0.25, -0.2) is 15.0 Å². The quantitative estimate of drug-likeness (QED) is 0.154. The van der Waals surface area contributed by atoms with Crippen LogP contribution in [0.4, 0.5) is 17.1 Å². The molecule has 0 amide bonds. The molecular formula is C55H36N4O. The topological polar surface area (TPSA) is 55.1 Å². The van der Waals surface area contributed by atoms with E-state index < -0.39 is 0 Å². The van der Waals surface area contributed by atoms with Crippen LogP contribution in [0.1, 0.15) is 0 Å². The lowest BCUT2D eigenvalue weighted by molar-refractivity contribution is 0.669. The van der Waals surface area contributed by atoms with Gasteiger partial charge in [-0.15, -0.1) is 0 Å². The van der Waals surface area contributed by atoms with Gasteiger partial charge in [0.2, 0.25) is 0 Å². The Morgan fingerprint density at radius 1 is 0.317 bits per heavy atom. The molecule has 11 rings (SSSR count). The summed E-state index contributed by atoms with van der Waals surface area (Å²) in [5.74, 6) is 1.85. The van der Waals surface area contributed by atoms with Crippen LogP contribution in [0, 0.1) is 0 Å². The number of aromatic nitrogens is 3. The van der Waals surface area contributed by atoms with Gasteiger partial charge in [-0.1, -0.05) is 170 Å². The van der Waals surface area contributed by atoms with Gasteiger partial charge in [0.1, 0.15) is 11.2 Å². The molecule has 5 heteroatoms. The third-order valence-electron chi connectivity index (χ3n) is 11.1. The van der Waals surface area contributed by atoms with Gasteiger partial charge < -0.3 is 9.32 Å². The fraction of sp³-hybridized carbons (Fsp3) is 0. The largest absolute Gasteiger partial charge is 0.456 e. The SMILES string of the molecule is c1ccc(-c2cccc(N(c3ccc4ccccc4c3)c3ccc4c(c3)oc3cccc(-c5ccccc5-c5nc(-c6ccccc6)nc(-c6ccccc6)n5)c34)c2)cc1. The van der Waals surface area contributed by atoms with Crippen molar-refractivity contribution in [1.29, 1.82) is 0 Å². The molecule has 0 fully saturated rings. The minimum Gasteiger partial charge on any atom is -0.456 e. The number of hydrogen-bond acceptors (Lipinski definition) is 5. The molecule has 9 aromatic carbocycles. The summed E-state index contributed by atoms with van der Waals surface area (Å²) >= 11 is 0. The zero-order valence-electron chi connectivity index (χ0n) is 32.5. The van der Waals surface area contributed by atoms with Crippen LogP contribution in [0.5, 0.6) is 0 Å². The molecule has 60 heavy (non-hydrogen) atoms. The number of nitrogens with zero attached hydrogens (tertiary/aromatic N) is 4. The van der Waals surface area contributed by atoms with Crippen molar-refractivity contribution >= 4 is 49.8 Å². The van der Waals surface area contributed by atoms with Crippen molar-refractivity contribution in [2.75, 3.05) is 4.90 Å². The van der Waals surface area contributed by atoms with Crippen LogP contribution >= 0.6 is 0 Å². The van der Waals surface area contributed by atoms with Crippen LogP contribution in [0.2, 0.25) is 0 Å². The Kier molecular flexibility index (Phi) is 8.75. The molecule has 5 nitrogen and oxygen atoms in total. The Morgan fingerprint density at radius 3 is 1.58 bits per heavy atom. The van der Waals surface area contributed by atoms with Crippen LogP contribution in [0.3, 0.4) is 0 Å². The molecule has 0 unspecified atom stereocenters. The number of anilines is 3. The summed E-state index contributed by atoms with van der Waals surface area (Å²) in [5.41, 5.74) is 11.9. The van der Waals surface area contributed by atoms with Crippen LogP contribution < -0.4 is 4.90 Å². The summed E-state index contributed by atoms with van der Waals surface area (Å²) in [5, 5.41) is 4.44. The molecule has 0 aliphatic rings. The highest BCUT2D eigenvalue weighted by Crippen LogP contribution is 2.44. The number of hydrogen-bond donors (Lipinski definition) is 0. The average Bonchev–Trinajstić information content (AvgIpc) is 3.71. The monoisotopic (exact) mass is 768 g/mol. The fourth-order valence-corrected chi connectivity index (χ4v) is 8.24. The van der Waals surface area contributed by atoms with E-state index in [2.05, 4.69) is 157 Å². The van der Waals surface area contributed by atoms with Gasteiger partial charge in [0.25, 0.3) is 0 Å². The summed E-state index contributed by atoms with van der Waals surface area (Å²) in [4.78, 5) is 17.5.